The number of ether oxygens (including phenoxy) is 1. The smallest absolute Gasteiger partial charge is 0.155 e. The zero-order valence-corrected chi connectivity index (χ0v) is 12.4. The van der Waals surface area contributed by atoms with Gasteiger partial charge in [0.05, 0.1) is 30.1 Å². The minimum Gasteiger partial charge on any atom is -0.495 e. The number of hydrogen-bond donors (Lipinski definition) is 1. The Balaban J connectivity index is 2.81. The van der Waals surface area contributed by atoms with Crippen LogP contribution in [0.2, 0.25) is 0 Å². The fraction of sp³-hybridized carbons (Fsp3) is 0.455. The molecule has 0 bridgehead atoms. The van der Waals surface area contributed by atoms with Crippen molar-refractivity contribution in [2.24, 2.45) is 0 Å². The fourth-order valence-corrected chi connectivity index (χ4v) is 4.54. The summed E-state index contributed by atoms with van der Waals surface area (Å²) in [7, 11) is -5.31. The van der Waals surface area contributed by atoms with Crippen molar-refractivity contribution in [3.63, 3.8) is 0 Å². The van der Waals surface area contributed by atoms with Crippen molar-refractivity contribution in [3.8, 4) is 5.75 Å². The number of sulfone groups is 2. The van der Waals surface area contributed by atoms with Gasteiger partial charge in [-0.05, 0) is 17.7 Å². The van der Waals surface area contributed by atoms with Crippen LogP contribution in [0, 0.1) is 0 Å². The first-order valence-electron chi connectivity index (χ1n) is 5.43. The summed E-state index contributed by atoms with van der Waals surface area (Å²) in [5.74, 6) is -0.535. The van der Waals surface area contributed by atoms with Crippen LogP contribution in [-0.4, -0.2) is 41.7 Å². The van der Waals surface area contributed by atoms with Crippen LogP contribution in [0.5, 0.6) is 5.75 Å². The second kappa shape index (κ2) is 5.79. The van der Waals surface area contributed by atoms with E-state index in [4.69, 9.17) is 10.5 Å². The lowest BCUT2D eigenvalue weighted by atomic mass is 10.2. The van der Waals surface area contributed by atoms with E-state index in [1.165, 1.54) is 13.2 Å². The summed E-state index contributed by atoms with van der Waals surface area (Å²) in [5.41, 5.74) is 6.53. The molecule has 0 saturated carbocycles. The standard InChI is InChI=1S/C11H17NO5S2/c1-17-11-4-3-9(7-10(11)12)8-19(15,16)6-5-18(2,13)14/h3-4,7H,5-6,8,12H2,1-2H3. The van der Waals surface area contributed by atoms with Crippen molar-refractivity contribution < 1.29 is 21.6 Å². The molecule has 0 atom stereocenters. The second-order valence-corrected chi connectivity index (χ2v) is 8.74. The normalized spacial score (nSPS) is 12.3. The minimum absolute atomic E-state index is 0.239. The average Bonchev–Trinajstić information content (AvgIpc) is 2.25. The third-order valence-corrected chi connectivity index (χ3v) is 5.25. The quantitative estimate of drug-likeness (QED) is 0.755. The van der Waals surface area contributed by atoms with Gasteiger partial charge in [-0.2, -0.15) is 0 Å². The molecule has 1 aromatic carbocycles. The van der Waals surface area contributed by atoms with E-state index in [-0.39, 0.29) is 11.5 Å². The van der Waals surface area contributed by atoms with Crippen LogP contribution in [0.3, 0.4) is 0 Å². The van der Waals surface area contributed by atoms with E-state index in [1.807, 2.05) is 0 Å². The number of nitrogen functional groups attached to an aromatic ring is 1. The maximum Gasteiger partial charge on any atom is 0.155 e. The molecule has 1 aromatic rings. The molecule has 19 heavy (non-hydrogen) atoms. The third-order valence-electron chi connectivity index (χ3n) is 2.45. The van der Waals surface area contributed by atoms with Gasteiger partial charge in [-0.25, -0.2) is 16.8 Å². The largest absolute Gasteiger partial charge is 0.495 e. The summed E-state index contributed by atoms with van der Waals surface area (Å²) >= 11 is 0. The Morgan fingerprint density at radius 2 is 1.79 bits per heavy atom. The van der Waals surface area contributed by atoms with Crippen LogP contribution in [0.25, 0.3) is 0 Å². The molecule has 0 radical (unpaired) electrons. The van der Waals surface area contributed by atoms with Gasteiger partial charge < -0.3 is 10.5 Å². The Bertz CT molecular complexity index is 650. The van der Waals surface area contributed by atoms with Gasteiger partial charge in [0.25, 0.3) is 0 Å². The maximum atomic E-state index is 11.8. The van der Waals surface area contributed by atoms with Crippen LogP contribution in [0.1, 0.15) is 5.56 Å². The van der Waals surface area contributed by atoms with Gasteiger partial charge >= 0.3 is 0 Å². The number of methoxy groups -OCH3 is 1. The van der Waals surface area contributed by atoms with Gasteiger partial charge in [-0.15, -0.1) is 0 Å². The molecule has 8 heteroatoms. The number of nitrogens with two attached hydrogens (primary N) is 1. The highest BCUT2D eigenvalue weighted by Crippen LogP contribution is 2.23. The second-order valence-electron chi connectivity index (χ2n) is 4.30. The first-order chi connectivity index (χ1) is 8.63. The third kappa shape index (κ3) is 5.48. The molecule has 0 saturated heterocycles. The summed E-state index contributed by atoms with van der Waals surface area (Å²) in [6, 6.07) is 4.68. The van der Waals surface area contributed by atoms with Gasteiger partial charge in [0.1, 0.15) is 15.6 Å². The predicted octanol–water partition coefficient (Wildman–Crippen LogP) is 0.237. The Morgan fingerprint density at radius 1 is 1.16 bits per heavy atom. The Labute approximate surface area is 113 Å². The van der Waals surface area contributed by atoms with Crippen molar-refractivity contribution in [2.75, 3.05) is 30.6 Å². The highest BCUT2D eigenvalue weighted by Gasteiger charge is 2.16. The zero-order valence-electron chi connectivity index (χ0n) is 10.8. The van der Waals surface area contributed by atoms with Crippen molar-refractivity contribution in [2.45, 2.75) is 5.75 Å². The molecular weight excluding hydrogens is 290 g/mol. The molecular formula is C11H17NO5S2. The average molecular weight is 307 g/mol. The fourth-order valence-electron chi connectivity index (χ4n) is 1.48. The number of anilines is 1. The molecule has 0 spiro atoms. The van der Waals surface area contributed by atoms with E-state index in [1.54, 1.807) is 12.1 Å². The number of benzene rings is 1. The monoisotopic (exact) mass is 307 g/mol. The zero-order chi connectivity index (χ0) is 14.7. The minimum atomic E-state index is -3.48. The van der Waals surface area contributed by atoms with Crippen LogP contribution >= 0.6 is 0 Å². The van der Waals surface area contributed by atoms with Gasteiger partial charge in [0.2, 0.25) is 0 Å². The van der Waals surface area contributed by atoms with Crippen LogP contribution < -0.4 is 10.5 Å². The van der Waals surface area contributed by atoms with Gasteiger partial charge in [-0.3, -0.25) is 0 Å². The predicted molar refractivity (Wildman–Crippen MR) is 74.6 cm³/mol. The highest BCUT2D eigenvalue weighted by molar-refractivity contribution is 7.94. The molecule has 108 valence electrons. The first kappa shape index (κ1) is 15.8. The van der Waals surface area contributed by atoms with Crippen molar-refractivity contribution in [1.29, 1.82) is 0 Å². The highest BCUT2D eigenvalue weighted by atomic mass is 32.2. The van der Waals surface area contributed by atoms with E-state index in [9.17, 15) is 16.8 Å². The SMILES string of the molecule is COc1ccc(CS(=O)(=O)CCS(C)(=O)=O)cc1N. The molecule has 0 aromatic heterocycles. The number of hydrogen-bond acceptors (Lipinski definition) is 6. The maximum absolute atomic E-state index is 11.8. The van der Waals surface area contributed by atoms with E-state index in [2.05, 4.69) is 0 Å². The lowest BCUT2D eigenvalue weighted by molar-refractivity contribution is 0.417. The molecule has 2 N–H and O–H groups in total. The number of rotatable bonds is 6. The summed E-state index contributed by atoms with van der Waals surface area (Å²) in [5, 5.41) is 0. The van der Waals surface area contributed by atoms with Crippen molar-refractivity contribution in [1.82, 2.24) is 0 Å². The Kier molecular flexibility index (Phi) is 4.81. The molecule has 0 aliphatic heterocycles. The molecule has 0 heterocycles. The summed E-state index contributed by atoms with van der Waals surface area (Å²) in [6.07, 6.45) is 1.01. The summed E-state index contributed by atoms with van der Waals surface area (Å²) < 4.78 is 50.5. The lowest BCUT2D eigenvalue weighted by Crippen LogP contribution is -2.17. The topological polar surface area (TPSA) is 104 Å². The molecule has 0 unspecified atom stereocenters. The summed E-state index contributed by atoms with van der Waals surface area (Å²) in [6.45, 7) is 0. The van der Waals surface area contributed by atoms with Crippen LogP contribution in [-0.2, 0) is 25.4 Å². The molecule has 0 fully saturated rings. The molecule has 6 nitrogen and oxygen atoms in total. The Morgan fingerprint density at radius 3 is 2.26 bits per heavy atom. The van der Waals surface area contributed by atoms with Gasteiger partial charge in [0, 0.05) is 6.26 Å². The molecule has 0 amide bonds. The lowest BCUT2D eigenvalue weighted by Gasteiger charge is -2.08. The van der Waals surface area contributed by atoms with Crippen molar-refractivity contribution in [3.05, 3.63) is 23.8 Å². The summed E-state index contributed by atoms with van der Waals surface area (Å²) in [4.78, 5) is 0. The molecule has 0 aliphatic rings. The van der Waals surface area contributed by atoms with Gasteiger partial charge in [-0.1, -0.05) is 6.07 Å². The van der Waals surface area contributed by atoms with E-state index in [0.717, 1.165) is 6.26 Å². The van der Waals surface area contributed by atoms with E-state index >= 15 is 0 Å². The molecule has 1 rings (SSSR count). The van der Waals surface area contributed by atoms with E-state index in [0.29, 0.717) is 17.0 Å². The Hall–Kier alpha value is -1.28. The van der Waals surface area contributed by atoms with Crippen molar-refractivity contribution >= 4 is 25.4 Å². The van der Waals surface area contributed by atoms with Gasteiger partial charge in [0.15, 0.2) is 9.84 Å². The van der Waals surface area contributed by atoms with Crippen LogP contribution in [0.4, 0.5) is 5.69 Å². The van der Waals surface area contributed by atoms with E-state index < -0.39 is 25.4 Å². The molecule has 0 aliphatic carbocycles. The van der Waals surface area contributed by atoms with Crippen LogP contribution in [0.15, 0.2) is 18.2 Å². The first-order valence-corrected chi connectivity index (χ1v) is 9.32.